The van der Waals surface area contributed by atoms with Crippen LogP contribution in [0, 0.1) is 0 Å². The molecular formula is C21H22N4O2. The summed E-state index contributed by atoms with van der Waals surface area (Å²) in [6.07, 6.45) is 4.30. The van der Waals surface area contributed by atoms with E-state index >= 15 is 0 Å². The summed E-state index contributed by atoms with van der Waals surface area (Å²) in [5.74, 6) is 0.175. The number of fused-ring (bicyclic) bond motifs is 1. The van der Waals surface area contributed by atoms with E-state index in [0.29, 0.717) is 39.0 Å². The quantitative estimate of drug-likeness (QED) is 0.772. The molecule has 138 valence electrons. The summed E-state index contributed by atoms with van der Waals surface area (Å²) in [7, 11) is 0. The minimum Gasteiger partial charge on any atom is -0.361 e. The van der Waals surface area contributed by atoms with Crippen LogP contribution in [0.1, 0.15) is 11.3 Å². The van der Waals surface area contributed by atoms with Gasteiger partial charge in [0.15, 0.2) is 0 Å². The summed E-state index contributed by atoms with van der Waals surface area (Å²) < 4.78 is 0. The number of hydrogen-bond donors (Lipinski definition) is 1. The Kier molecular flexibility index (Phi) is 4.87. The molecule has 0 spiro atoms. The maximum absolute atomic E-state index is 12.7. The zero-order chi connectivity index (χ0) is 18.6. The number of nitrogens with one attached hydrogen (secondary N) is 1. The van der Waals surface area contributed by atoms with Gasteiger partial charge in [-0.15, -0.1) is 0 Å². The van der Waals surface area contributed by atoms with E-state index in [1.54, 1.807) is 6.20 Å². The van der Waals surface area contributed by atoms with Crippen molar-refractivity contribution in [2.24, 2.45) is 0 Å². The van der Waals surface area contributed by atoms with E-state index in [1.807, 2.05) is 58.5 Å². The van der Waals surface area contributed by atoms with E-state index in [-0.39, 0.29) is 11.8 Å². The lowest BCUT2D eigenvalue weighted by Crippen LogP contribution is -2.51. The first-order valence-corrected chi connectivity index (χ1v) is 9.21. The highest BCUT2D eigenvalue weighted by Gasteiger charge is 2.24. The molecular weight excluding hydrogens is 340 g/mol. The molecule has 6 nitrogen and oxygen atoms in total. The number of aromatic amines is 1. The van der Waals surface area contributed by atoms with E-state index in [1.165, 1.54) is 0 Å². The molecule has 1 aliphatic heterocycles. The molecule has 1 saturated heterocycles. The molecule has 1 fully saturated rings. The SMILES string of the molecule is O=C(Cc1ccccn1)N1CCN(C(=O)Cc2c[nH]c3ccccc23)CC1. The Bertz CT molecular complexity index is 943. The first kappa shape index (κ1) is 17.3. The number of rotatable bonds is 4. The van der Waals surface area contributed by atoms with Crippen molar-refractivity contribution in [1.82, 2.24) is 19.8 Å². The van der Waals surface area contributed by atoms with Gasteiger partial charge in [0.05, 0.1) is 12.8 Å². The molecule has 4 rings (SSSR count). The Labute approximate surface area is 157 Å². The van der Waals surface area contributed by atoms with E-state index in [2.05, 4.69) is 9.97 Å². The van der Waals surface area contributed by atoms with Gasteiger partial charge < -0.3 is 14.8 Å². The molecule has 0 aliphatic carbocycles. The number of piperazine rings is 1. The number of H-pyrrole nitrogens is 1. The van der Waals surface area contributed by atoms with Crippen molar-refractivity contribution in [2.75, 3.05) is 26.2 Å². The summed E-state index contributed by atoms with van der Waals surface area (Å²) in [5.41, 5.74) is 2.84. The lowest BCUT2D eigenvalue weighted by molar-refractivity contribution is -0.138. The summed E-state index contributed by atoms with van der Waals surface area (Å²) >= 11 is 0. The van der Waals surface area contributed by atoms with Crippen molar-refractivity contribution in [3.63, 3.8) is 0 Å². The molecule has 1 N–H and O–H groups in total. The molecule has 6 heteroatoms. The number of benzene rings is 1. The topological polar surface area (TPSA) is 69.3 Å². The average Bonchev–Trinajstić information content (AvgIpc) is 3.12. The van der Waals surface area contributed by atoms with Crippen LogP contribution in [0.4, 0.5) is 0 Å². The van der Waals surface area contributed by atoms with E-state index < -0.39 is 0 Å². The molecule has 0 atom stereocenters. The average molecular weight is 362 g/mol. The maximum atomic E-state index is 12.7. The van der Waals surface area contributed by atoms with Crippen molar-refractivity contribution in [3.8, 4) is 0 Å². The number of hydrogen-bond acceptors (Lipinski definition) is 3. The molecule has 3 aromatic rings. The number of pyridine rings is 1. The molecule has 0 radical (unpaired) electrons. The predicted octanol–water partition coefficient (Wildman–Crippen LogP) is 2.02. The third kappa shape index (κ3) is 3.84. The number of carbonyl (C=O) groups excluding carboxylic acids is 2. The van der Waals surface area contributed by atoms with Crippen LogP contribution in [0.3, 0.4) is 0 Å². The molecule has 1 aliphatic rings. The molecule has 0 unspecified atom stereocenters. The van der Waals surface area contributed by atoms with Crippen LogP contribution in [0.15, 0.2) is 54.9 Å². The second-order valence-corrected chi connectivity index (χ2v) is 6.80. The lowest BCUT2D eigenvalue weighted by atomic mass is 10.1. The first-order valence-electron chi connectivity index (χ1n) is 9.21. The van der Waals surface area contributed by atoms with Gasteiger partial charge in [-0.05, 0) is 23.8 Å². The van der Waals surface area contributed by atoms with Gasteiger partial charge in [-0.25, -0.2) is 0 Å². The molecule has 1 aromatic carbocycles. The molecule has 0 saturated carbocycles. The van der Waals surface area contributed by atoms with Crippen molar-refractivity contribution >= 4 is 22.7 Å². The highest BCUT2D eigenvalue weighted by molar-refractivity contribution is 5.89. The lowest BCUT2D eigenvalue weighted by Gasteiger charge is -2.34. The number of aromatic nitrogens is 2. The third-order valence-electron chi connectivity index (χ3n) is 5.06. The number of amides is 2. The summed E-state index contributed by atoms with van der Waals surface area (Å²) in [5, 5.41) is 1.09. The monoisotopic (exact) mass is 362 g/mol. The molecule has 27 heavy (non-hydrogen) atoms. The minimum absolute atomic E-state index is 0.0671. The Morgan fingerprint density at radius 3 is 2.26 bits per heavy atom. The van der Waals surface area contributed by atoms with Gasteiger partial charge in [-0.2, -0.15) is 0 Å². The van der Waals surface area contributed by atoms with Crippen molar-refractivity contribution in [1.29, 1.82) is 0 Å². The number of para-hydroxylation sites is 1. The summed E-state index contributed by atoms with van der Waals surface area (Å²) in [6, 6.07) is 13.6. The largest absolute Gasteiger partial charge is 0.361 e. The molecule has 2 aromatic heterocycles. The van der Waals surface area contributed by atoms with Gasteiger partial charge in [0.2, 0.25) is 11.8 Å². The number of nitrogens with zero attached hydrogens (tertiary/aromatic N) is 3. The fourth-order valence-corrected chi connectivity index (χ4v) is 3.53. The van der Waals surface area contributed by atoms with Crippen molar-refractivity contribution in [3.05, 3.63) is 66.1 Å². The molecule has 2 amide bonds. The molecule has 0 bridgehead atoms. The maximum Gasteiger partial charge on any atom is 0.228 e. The van der Waals surface area contributed by atoms with Gasteiger partial charge in [0.25, 0.3) is 0 Å². The van der Waals surface area contributed by atoms with Crippen LogP contribution in [-0.4, -0.2) is 57.8 Å². The van der Waals surface area contributed by atoms with Gasteiger partial charge in [-0.3, -0.25) is 14.6 Å². The Morgan fingerprint density at radius 1 is 0.889 bits per heavy atom. The van der Waals surface area contributed by atoms with Crippen LogP contribution in [0.25, 0.3) is 10.9 Å². The number of carbonyl (C=O) groups is 2. The normalized spacial score (nSPS) is 14.5. The van der Waals surface area contributed by atoms with Crippen molar-refractivity contribution < 1.29 is 9.59 Å². The van der Waals surface area contributed by atoms with Crippen molar-refractivity contribution in [2.45, 2.75) is 12.8 Å². The Hall–Kier alpha value is -3.15. The van der Waals surface area contributed by atoms with Gasteiger partial charge in [0, 0.05) is 55.2 Å². The van der Waals surface area contributed by atoms with E-state index in [4.69, 9.17) is 0 Å². The van der Waals surface area contributed by atoms with Crippen LogP contribution < -0.4 is 0 Å². The zero-order valence-electron chi connectivity index (χ0n) is 15.1. The highest BCUT2D eigenvalue weighted by atomic mass is 16.2. The first-order chi connectivity index (χ1) is 13.2. The third-order valence-corrected chi connectivity index (χ3v) is 5.06. The van der Waals surface area contributed by atoms with Crippen LogP contribution in [0.2, 0.25) is 0 Å². The summed E-state index contributed by atoms with van der Waals surface area (Å²) in [4.78, 5) is 36.2. The highest BCUT2D eigenvalue weighted by Crippen LogP contribution is 2.19. The van der Waals surface area contributed by atoms with Gasteiger partial charge in [0.1, 0.15) is 0 Å². The minimum atomic E-state index is 0.0671. The smallest absolute Gasteiger partial charge is 0.228 e. The molecule has 3 heterocycles. The fourth-order valence-electron chi connectivity index (χ4n) is 3.53. The zero-order valence-corrected chi connectivity index (χ0v) is 15.1. The van der Waals surface area contributed by atoms with Crippen LogP contribution in [0.5, 0.6) is 0 Å². The van der Waals surface area contributed by atoms with Gasteiger partial charge in [-0.1, -0.05) is 24.3 Å². The summed E-state index contributed by atoms with van der Waals surface area (Å²) in [6.45, 7) is 2.31. The van der Waals surface area contributed by atoms with Gasteiger partial charge >= 0.3 is 0 Å². The standard InChI is InChI=1S/C21H22N4O2/c26-20(13-16-15-23-19-7-2-1-6-18(16)19)24-9-11-25(12-10-24)21(27)14-17-5-3-4-8-22-17/h1-8,15,23H,9-14H2. The Morgan fingerprint density at radius 2 is 1.56 bits per heavy atom. The second kappa shape index (κ2) is 7.61. The van der Waals surface area contributed by atoms with Crippen LogP contribution >= 0.6 is 0 Å². The second-order valence-electron chi connectivity index (χ2n) is 6.80. The van der Waals surface area contributed by atoms with Crippen LogP contribution in [-0.2, 0) is 22.4 Å². The Balaban J connectivity index is 1.32. The van der Waals surface area contributed by atoms with E-state index in [0.717, 1.165) is 22.2 Å². The predicted molar refractivity (Wildman–Crippen MR) is 103 cm³/mol. The van der Waals surface area contributed by atoms with E-state index in [9.17, 15) is 9.59 Å². The fraction of sp³-hybridized carbons (Fsp3) is 0.286.